The molecule has 0 spiro atoms. The molecule has 0 fully saturated rings. The van der Waals surface area contributed by atoms with E-state index in [0.717, 1.165) is 5.56 Å². The first kappa shape index (κ1) is 22.9. The van der Waals surface area contributed by atoms with Gasteiger partial charge in [-0.2, -0.15) is 0 Å². The predicted octanol–water partition coefficient (Wildman–Crippen LogP) is 3.43. The van der Waals surface area contributed by atoms with Gasteiger partial charge >= 0.3 is 0 Å². The molecule has 168 valence electrons. The zero-order chi connectivity index (χ0) is 23.1. The summed E-state index contributed by atoms with van der Waals surface area (Å²) in [6, 6.07) is 15.6. The Kier molecular flexibility index (Phi) is 7.49. The van der Waals surface area contributed by atoms with Gasteiger partial charge in [-0.1, -0.05) is 49.3 Å². The van der Waals surface area contributed by atoms with E-state index >= 15 is 0 Å². The van der Waals surface area contributed by atoms with Gasteiger partial charge in [-0.25, -0.2) is 0 Å². The molecule has 0 aliphatic heterocycles. The number of aromatic nitrogens is 1. The second kappa shape index (κ2) is 10.5. The molecule has 0 bridgehead atoms. The quantitative estimate of drug-likeness (QED) is 0.532. The summed E-state index contributed by atoms with van der Waals surface area (Å²) in [6.45, 7) is 4.11. The SMILES string of the molecule is COc1ccc(-c2cc(C(=O)NC(C(=O)NCc3ccccc3)C(C)C)no2)c(OC)c1. The highest BCUT2D eigenvalue weighted by atomic mass is 16.5. The lowest BCUT2D eigenvalue weighted by molar-refractivity contribution is -0.124. The van der Waals surface area contributed by atoms with Gasteiger partial charge in [-0.05, 0) is 23.6 Å². The van der Waals surface area contributed by atoms with E-state index < -0.39 is 11.9 Å². The molecule has 2 aromatic carbocycles. The highest BCUT2D eigenvalue weighted by Crippen LogP contribution is 2.33. The molecule has 1 unspecified atom stereocenters. The third-order valence-corrected chi connectivity index (χ3v) is 4.96. The summed E-state index contributed by atoms with van der Waals surface area (Å²) in [7, 11) is 3.09. The van der Waals surface area contributed by atoms with Crippen molar-refractivity contribution in [2.24, 2.45) is 5.92 Å². The number of rotatable bonds is 9. The van der Waals surface area contributed by atoms with Crippen LogP contribution in [0, 0.1) is 5.92 Å². The van der Waals surface area contributed by atoms with Crippen LogP contribution in [-0.2, 0) is 11.3 Å². The Bertz CT molecular complexity index is 1060. The fourth-order valence-electron chi connectivity index (χ4n) is 3.16. The second-order valence-electron chi connectivity index (χ2n) is 7.54. The van der Waals surface area contributed by atoms with E-state index in [0.29, 0.717) is 29.4 Å². The maximum absolute atomic E-state index is 12.8. The predicted molar refractivity (Wildman–Crippen MR) is 119 cm³/mol. The van der Waals surface area contributed by atoms with Crippen LogP contribution in [0.3, 0.4) is 0 Å². The van der Waals surface area contributed by atoms with E-state index in [4.69, 9.17) is 14.0 Å². The fraction of sp³-hybridized carbons (Fsp3) is 0.292. The van der Waals surface area contributed by atoms with Crippen molar-refractivity contribution in [1.29, 1.82) is 0 Å². The van der Waals surface area contributed by atoms with E-state index in [2.05, 4.69) is 15.8 Å². The summed E-state index contributed by atoms with van der Waals surface area (Å²) in [5, 5.41) is 9.49. The lowest BCUT2D eigenvalue weighted by Gasteiger charge is -2.21. The Hall–Kier alpha value is -3.81. The van der Waals surface area contributed by atoms with Gasteiger partial charge in [0, 0.05) is 18.7 Å². The maximum Gasteiger partial charge on any atom is 0.274 e. The van der Waals surface area contributed by atoms with Crippen molar-refractivity contribution in [3.05, 3.63) is 65.9 Å². The van der Waals surface area contributed by atoms with Crippen molar-refractivity contribution < 1.29 is 23.6 Å². The Morgan fingerprint density at radius 3 is 2.44 bits per heavy atom. The molecule has 0 aliphatic rings. The minimum atomic E-state index is -0.720. The van der Waals surface area contributed by atoms with Crippen molar-refractivity contribution in [1.82, 2.24) is 15.8 Å². The summed E-state index contributed by atoms with van der Waals surface area (Å²) in [4.78, 5) is 25.5. The molecule has 0 aliphatic carbocycles. The molecule has 0 radical (unpaired) electrons. The van der Waals surface area contributed by atoms with Crippen LogP contribution >= 0.6 is 0 Å². The Labute approximate surface area is 186 Å². The third-order valence-electron chi connectivity index (χ3n) is 4.96. The van der Waals surface area contributed by atoms with Gasteiger partial charge in [-0.3, -0.25) is 9.59 Å². The molecule has 1 aromatic heterocycles. The first-order valence-corrected chi connectivity index (χ1v) is 10.2. The molecule has 2 amide bonds. The van der Waals surface area contributed by atoms with Gasteiger partial charge in [-0.15, -0.1) is 0 Å². The second-order valence-corrected chi connectivity index (χ2v) is 7.54. The first-order chi connectivity index (χ1) is 15.4. The van der Waals surface area contributed by atoms with Crippen LogP contribution in [0.25, 0.3) is 11.3 Å². The minimum Gasteiger partial charge on any atom is -0.497 e. The van der Waals surface area contributed by atoms with Crippen molar-refractivity contribution >= 4 is 11.8 Å². The van der Waals surface area contributed by atoms with Crippen LogP contribution < -0.4 is 20.1 Å². The monoisotopic (exact) mass is 437 g/mol. The molecule has 2 N–H and O–H groups in total. The summed E-state index contributed by atoms with van der Waals surface area (Å²) >= 11 is 0. The van der Waals surface area contributed by atoms with Gasteiger partial charge in [0.05, 0.1) is 19.8 Å². The molecular weight excluding hydrogens is 410 g/mol. The van der Waals surface area contributed by atoms with Crippen LogP contribution in [-0.4, -0.2) is 37.2 Å². The number of nitrogens with one attached hydrogen (secondary N) is 2. The Morgan fingerprint density at radius 2 is 1.78 bits per heavy atom. The van der Waals surface area contributed by atoms with Crippen LogP contribution in [0.5, 0.6) is 11.5 Å². The number of ether oxygens (including phenoxy) is 2. The molecule has 8 nitrogen and oxygen atoms in total. The fourth-order valence-corrected chi connectivity index (χ4v) is 3.16. The number of amides is 2. The number of hydrogen-bond donors (Lipinski definition) is 2. The molecule has 32 heavy (non-hydrogen) atoms. The van der Waals surface area contributed by atoms with E-state index in [9.17, 15) is 9.59 Å². The number of benzene rings is 2. The highest BCUT2D eigenvalue weighted by Gasteiger charge is 2.26. The van der Waals surface area contributed by atoms with Crippen LogP contribution in [0.1, 0.15) is 29.9 Å². The van der Waals surface area contributed by atoms with Crippen molar-refractivity contribution in [2.75, 3.05) is 14.2 Å². The van der Waals surface area contributed by atoms with Crippen molar-refractivity contribution in [2.45, 2.75) is 26.4 Å². The average molecular weight is 437 g/mol. The molecule has 8 heteroatoms. The smallest absolute Gasteiger partial charge is 0.274 e. The number of carbonyl (C=O) groups is 2. The molecule has 1 heterocycles. The summed E-state index contributed by atoms with van der Waals surface area (Å²) < 4.78 is 15.9. The number of nitrogens with zero attached hydrogens (tertiary/aromatic N) is 1. The zero-order valence-corrected chi connectivity index (χ0v) is 18.5. The maximum atomic E-state index is 12.8. The van der Waals surface area contributed by atoms with Gasteiger partial charge in [0.2, 0.25) is 5.91 Å². The molecule has 0 saturated heterocycles. The molecule has 0 saturated carbocycles. The van der Waals surface area contributed by atoms with Gasteiger partial charge in [0.1, 0.15) is 17.5 Å². The molecule has 3 aromatic rings. The first-order valence-electron chi connectivity index (χ1n) is 10.2. The summed E-state index contributed by atoms with van der Waals surface area (Å²) in [5.41, 5.74) is 1.67. The topological polar surface area (TPSA) is 103 Å². The minimum absolute atomic E-state index is 0.0689. The number of carbonyl (C=O) groups excluding carboxylic acids is 2. The van der Waals surface area contributed by atoms with Gasteiger partial charge in [0.15, 0.2) is 11.5 Å². The van der Waals surface area contributed by atoms with E-state index in [1.165, 1.54) is 13.2 Å². The normalized spacial score (nSPS) is 11.7. The van der Waals surface area contributed by atoms with Gasteiger partial charge in [0.25, 0.3) is 5.91 Å². The third kappa shape index (κ3) is 5.46. The Balaban J connectivity index is 1.70. The molecular formula is C24H27N3O5. The molecule has 3 rings (SSSR count). The van der Waals surface area contributed by atoms with E-state index in [1.807, 2.05) is 44.2 Å². The Morgan fingerprint density at radius 1 is 1.03 bits per heavy atom. The summed E-state index contributed by atoms with van der Waals surface area (Å²) in [6.07, 6.45) is 0. The highest BCUT2D eigenvalue weighted by molar-refractivity contribution is 5.96. The lowest BCUT2D eigenvalue weighted by atomic mass is 10.0. The number of methoxy groups -OCH3 is 2. The molecule has 1 atom stereocenters. The van der Waals surface area contributed by atoms with E-state index in [1.54, 1.807) is 25.3 Å². The van der Waals surface area contributed by atoms with Crippen LogP contribution in [0.2, 0.25) is 0 Å². The van der Waals surface area contributed by atoms with Crippen LogP contribution in [0.15, 0.2) is 59.1 Å². The average Bonchev–Trinajstić information content (AvgIpc) is 3.31. The largest absolute Gasteiger partial charge is 0.497 e. The summed E-state index contributed by atoms with van der Waals surface area (Å²) in [5.74, 6) is 0.628. The zero-order valence-electron chi connectivity index (χ0n) is 18.5. The van der Waals surface area contributed by atoms with E-state index in [-0.39, 0.29) is 17.5 Å². The lowest BCUT2D eigenvalue weighted by Crippen LogP contribution is -2.49. The van der Waals surface area contributed by atoms with Gasteiger partial charge < -0.3 is 24.6 Å². The number of hydrogen-bond acceptors (Lipinski definition) is 6. The standard InChI is InChI=1S/C24H27N3O5/c1-15(2)22(24(29)25-14-16-8-6-5-7-9-16)26-23(28)19-13-21(32-27-19)18-11-10-17(30-3)12-20(18)31-4/h5-13,15,22H,14H2,1-4H3,(H,25,29)(H,26,28). The van der Waals surface area contributed by atoms with Crippen molar-refractivity contribution in [3.63, 3.8) is 0 Å². The van der Waals surface area contributed by atoms with Crippen molar-refractivity contribution in [3.8, 4) is 22.8 Å². The van der Waals surface area contributed by atoms with Crippen LogP contribution in [0.4, 0.5) is 0 Å².